The van der Waals surface area contributed by atoms with Gasteiger partial charge in [0.15, 0.2) is 21.3 Å². The summed E-state index contributed by atoms with van der Waals surface area (Å²) in [6.45, 7) is 6.20. The normalized spacial score (nSPS) is 20.3. The van der Waals surface area contributed by atoms with Gasteiger partial charge in [-0.05, 0) is 24.6 Å². The largest absolute Gasteiger partial charge is 0.454 e. The van der Waals surface area contributed by atoms with Gasteiger partial charge in [0.1, 0.15) is 5.82 Å². The maximum Gasteiger partial charge on any atom is 0.256 e. The highest BCUT2D eigenvalue weighted by Gasteiger charge is 2.33. The molecule has 4 rings (SSSR count). The summed E-state index contributed by atoms with van der Waals surface area (Å²) >= 11 is 0. The first kappa shape index (κ1) is 18.8. The van der Waals surface area contributed by atoms with Crippen LogP contribution in [0.15, 0.2) is 24.3 Å². The Bertz CT molecular complexity index is 1040. The molecule has 1 aromatic carbocycles. The van der Waals surface area contributed by atoms with E-state index in [9.17, 15) is 13.2 Å². The second kappa shape index (κ2) is 6.51. The molecule has 2 aromatic rings. The lowest BCUT2D eigenvalue weighted by Gasteiger charge is -2.15. The predicted molar refractivity (Wildman–Crippen MR) is 104 cm³/mol. The number of sulfone groups is 1. The highest BCUT2D eigenvalue weighted by atomic mass is 32.2. The van der Waals surface area contributed by atoms with E-state index >= 15 is 0 Å². The number of amides is 1. The van der Waals surface area contributed by atoms with E-state index in [0.717, 1.165) is 5.69 Å². The van der Waals surface area contributed by atoms with Crippen LogP contribution in [-0.4, -0.2) is 42.4 Å². The topological polar surface area (TPSA) is 99.5 Å². The average molecular weight is 405 g/mol. The Morgan fingerprint density at radius 3 is 2.64 bits per heavy atom. The van der Waals surface area contributed by atoms with Crippen LogP contribution in [0.5, 0.6) is 11.5 Å². The molecule has 1 N–H and O–H groups in total. The van der Waals surface area contributed by atoms with Crippen LogP contribution in [0.3, 0.4) is 0 Å². The Morgan fingerprint density at radius 2 is 1.96 bits per heavy atom. The molecule has 0 unspecified atom stereocenters. The summed E-state index contributed by atoms with van der Waals surface area (Å²) in [5.41, 5.74) is 0.979. The van der Waals surface area contributed by atoms with Crippen LogP contribution in [0, 0.1) is 0 Å². The van der Waals surface area contributed by atoms with E-state index in [1.807, 2.05) is 26.8 Å². The lowest BCUT2D eigenvalue weighted by Crippen LogP contribution is -2.20. The zero-order valence-corrected chi connectivity index (χ0v) is 16.9. The van der Waals surface area contributed by atoms with Crippen LogP contribution >= 0.6 is 0 Å². The standard InChI is InChI=1S/C19H23N3O5S/c1-19(2,3)16-9-17(22(21-16)13-6-7-28(24,25)10-13)20-18(23)12-4-5-14-15(8-12)27-11-26-14/h4-5,8-9,13H,6-7,10-11H2,1-3H3,(H,20,23)/t13-/m1/s1. The van der Waals surface area contributed by atoms with E-state index < -0.39 is 9.84 Å². The number of anilines is 1. The van der Waals surface area contributed by atoms with Crippen molar-refractivity contribution in [1.82, 2.24) is 9.78 Å². The number of ether oxygens (including phenoxy) is 2. The molecule has 2 aliphatic rings. The minimum absolute atomic E-state index is 0.0329. The van der Waals surface area contributed by atoms with Gasteiger partial charge >= 0.3 is 0 Å². The number of nitrogens with zero attached hydrogens (tertiary/aromatic N) is 2. The average Bonchev–Trinajstić information content (AvgIpc) is 3.31. The number of carbonyl (C=O) groups is 1. The minimum atomic E-state index is -3.08. The zero-order chi connectivity index (χ0) is 20.1. The Kier molecular flexibility index (Phi) is 4.37. The number of rotatable bonds is 3. The third-order valence-electron chi connectivity index (χ3n) is 4.93. The van der Waals surface area contributed by atoms with Crippen molar-refractivity contribution < 1.29 is 22.7 Å². The van der Waals surface area contributed by atoms with Crippen molar-refractivity contribution in [3.63, 3.8) is 0 Å². The quantitative estimate of drug-likeness (QED) is 0.842. The second-order valence-electron chi connectivity index (χ2n) is 8.19. The highest BCUT2D eigenvalue weighted by molar-refractivity contribution is 7.91. The molecular formula is C19H23N3O5S. The summed E-state index contributed by atoms with van der Waals surface area (Å²) in [7, 11) is -3.08. The molecule has 3 heterocycles. The smallest absolute Gasteiger partial charge is 0.256 e. The molecule has 28 heavy (non-hydrogen) atoms. The molecule has 0 aliphatic carbocycles. The van der Waals surface area contributed by atoms with E-state index in [0.29, 0.717) is 29.3 Å². The predicted octanol–water partition coefficient (Wildman–Crippen LogP) is 2.52. The first-order chi connectivity index (χ1) is 13.1. The van der Waals surface area contributed by atoms with E-state index in [2.05, 4.69) is 10.4 Å². The van der Waals surface area contributed by atoms with Crippen molar-refractivity contribution in [2.75, 3.05) is 23.6 Å². The fraction of sp³-hybridized carbons (Fsp3) is 0.474. The van der Waals surface area contributed by atoms with Gasteiger partial charge in [0.2, 0.25) is 6.79 Å². The second-order valence-corrected chi connectivity index (χ2v) is 10.4. The van der Waals surface area contributed by atoms with Gasteiger partial charge in [-0.25, -0.2) is 13.1 Å². The summed E-state index contributed by atoms with van der Waals surface area (Å²) in [4.78, 5) is 12.8. The fourth-order valence-corrected chi connectivity index (χ4v) is 5.02. The Labute approximate surface area is 163 Å². The van der Waals surface area contributed by atoms with Gasteiger partial charge in [0, 0.05) is 17.0 Å². The number of aromatic nitrogens is 2. The molecule has 1 saturated heterocycles. The monoisotopic (exact) mass is 405 g/mol. The Morgan fingerprint density at radius 1 is 1.21 bits per heavy atom. The molecule has 150 valence electrons. The van der Waals surface area contributed by atoms with Gasteiger partial charge in [0.05, 0.1) is 23.2 Å². The Balaban J connectivity index is 1.64. The lowest BCUT2D eigenvalue weighted by atomic mass is 9.92. The van der Waals surface area contributed by atoms with E-state index in [-0.39, 0.29) is 35.7 Å². The third-order valence-corrected chi connectivity index (χ3v) is 6.69. The van der Waals surface area contributed by atoms with Crippen molar-refractivity contribution in [1.29, 1.82) is 0 Å². The van der Waals surface area contributed by atoms with Gasteiger partial charge in [-0.3, -0.25) is 4.79 Å². The van der Waals surface area contributed by atoms with Gasteiger partial charge in [-0.2, -0.15) is 5.10 Å². The van der Waals surface area contributed by atoms with Gasteiger partial charge in [-0.1, -0.05) is 20.8 Å². The highest BCUT2D eigenvalue weighted by Crippen LogP contribution is 2.34. The molecule has 1 aromatic heterocycles. The summed E-state index contributed by atoms with van der Waals surface area (Å²) in [6.07, 6.45) is 0.487. The van der Waals surface area contributed by atoms with Crippen molar-refractivity contribution >= 4 is 21.6 Å². The summed E-state index contributed by atoms with van der Waals surface area (Å²) in [5.74, 6) is 1.48. The van der Waals surface area contributed by atoms with Crippen molar-refractivity contribution in [3.8, 4) is 11.5 Å². The van der Waals surface area contributed by atoms with Crippen LogP contribution < -0.4 is 14.8 Å². The molecule has 1 atom stereocenters. The molecule has 0 spiro atoms. The van der Waals surface area contributed by atoms with Crippen molar-refractivity contribution in [3.05, 3.63) is 35.5 Å². The maximum atomic E-state index is 12.8. The number of fused-ring (bicyclic) bond motifs is 1. The molecule has 0 saturated carbocycles. The SMILES string of the molecule is CC(C)(C)c1cc(NC(=O)c2ccc3c(c2)OCO3)n([C@@H]2CCS(=O)(=O)C2)n1. The minimum Gasteiger partial charge on any atom is -0.454 e. The Hall–Kier alpha value is -2.55. The molecule has 8 nitrogen and oxygen atoms in total. The maximum absolute atomic E-state index is 12.8. The van der Waals surface area contributed by atoms with Crippen LogP contribution in [-0.2, 0) is 15.3 Å². The lowest BCUT2D eigenvalue weighted by molar-refractivity contribution is 0.102. The number of hydrogen-bond donors (Lipinski definition) is 1. The summed E-state index contributed by atoms with van der Waals surface area (Å²) < 4.78 is 36.1. The molecule has 0 bridgehead atoms. The molecular weight excluding hydrogens is 382 g/mol. The molecule has 2 aliphatic heterocycles. The van der Waals surface area contributed by atoms with Crippen LogP contribution in [0.4, 0.5) is 5.82 Å². The first-order valence-electron chi connectivity index (χ1n) is 9.14. The third kappa shape index (κ3) is 3.58. The summed E-state index contributed by atoms with van der Waals surface area (Å²) in [6, 6.07) is 6.51. The number of carbonyl (C=O) groups excluding carboxylic acids is 1. The van der Waals surface area contributed by atoms with Crippen LogP contribution in [0.2, 0.25) is 0 Å². The number of hydrogen-bond acceptors (Lipinski definition) is 6. The molecule has 9 heteroatoms. The van der Waals surface area contributed by atoms with Gasteiger partial charge in [0.25, 0.3) is 5.91 Å². The van der Waals surface area contributed by atoms with Crippen molar-refractivity contribution in [2.24, 2.45) is 0 Å². The fourth-order valence-electron chi connectivity index (χ4n) is 3.33. The van der Waals surface area contributed by atoms with E-state index in [1.54, 1.807) is 22.9 Å². The summed E-state index contributed by atoms with van der Waals surface area (Å²) in [5, 5.41) is 7.51. The molecule has 0 radical (unpaired) electrons. The van der Waals surface area contributed by atoms with E-state index in [1.165, 1.54) is 0 Å². The van der Waals surface area contributed by atoms with E-state index in [4.69, 9.17) is 9.47 Å². The van der Waals surface area contributed by atoms with Gasteiger partial charge < -0.3 is 14.8 Å². The molecule has 1 amide bonds. The van der Waals surface area contributed by atoms with Gasteiger partial charge in [-0.15, -0.1) is 0 Å². The molecule has 1 fully saturated rings. The van der Waals surface area contributed by atoms with Crippen LogP contribution in [0.25, 0.3) is 0 Å². The first-order valence-corrected chi connectivity index (χ1v) is 11.0. The van der Waals surface area contributed by atoms with Crippen LogP contribution in [0.1, 0.15) is 49.3 Å². The number of nitrogens with one attached hydrogen (secondary N) is 1. The zero-order valence-electron chi connectivity index (χ0n) is 16.1. The van der Waals surface area contributed by atoms with Crippen molar-refractivity contribution in [2.45, 2.75) is 38.6 Å². The number of benzene rings is 1.